The molecule has 5 nitrogen and oxygen atoms in total. The minimum Gasteiger partial charge on any atom is -0.485 e. The van der Waals surface area contributed by atoms with Crippen molar-refractivity contribution in [1.82, 2.24) is 4.90 Å². The third-order valence-corrected chi connectivity index (χ3v) is 4.84. The minimum absolute atomic E-state index is 0.122. The lowest BCUT2D eigenvalue weighted by molar-refractivity contribution is -0.125. The van der Waals surface area contributed by atoms with E-state index in [0.29, 0.717) is 16.3 Å². The maximum Gasteiger partial charge on any atom is 0.289 e. The van der Waals surface area contributed by atoms with Crippen molar-refractivity contribution >= 4 is 40.3 Å². The van der Waals surface area contributed by atoms with Crippen molar-refractivity contribution in [3.63, 3.8) is 0 Å². The molecule has 1 aliphatic heterocycles. The molecule has 1 heterocycles. The molecule has 0 radical (unpaired) electrons. The molecule has 1 aliphatic rings. The van der Waals surface area contributed by atoms with Gasteiger partial charge < -0.3 is 4.74 Å². The zero-order valence-electron chi connectivity index (χ0n) is 13.1. The first-order valence-electron chi connectivity index (χ1n) is 7.51. The standard InChI is InChI=1S/C18H14ClNO4S/c19-15-4-2-1-3-14(15)16(21)10-24-13-7-5-12(6-8-13)9-20-17(22)11-25-18(20)23/h1-8H,9-11H2. The highest BCUT2D eigenvalue weighted by atomic mass is 35.5. The molecule has 128 valence electrons. The van der Waals surface area contributed by atoms with Gasteiger partial charge in [-0.25, -0.2) is 0 Å². The van der Waals surface area contributed by atoms with Crippen molar-refractivity contribution in [2.45, 2.75) is 6.54 Å². The number of nitrogens with zero attached hydrogens (tertiary/aromatic N) is 1. The minimum atomic E-state index is -0.226. The topological polar surface area (TPSA) is 63.7 Å². The molecule has 25 heavy (non-hydrogen) atoms. The van der Waals surface area contributed by atoms with Crippen LogP contribution in [0.3, 0.4) is 0 Å². The highest BCUT2D eigenvalue weighted by molar-refractivity contribution is 8.14. The van der Waals surface area contributed by atoms with Crippen molar-refractivity contribution in [2.24, 2.45) is 0 Å². The molecule has 0 atom stereocenters. The van der Waals surface area contributed by atoms with Gasteiger partial charge >= 0.3 is 0 Å². The second-order valence-electron chi connectivity index (χ2n) is 5.37. The van der Waals surface area contributed by atoms with Crippen molar-refractivity contribution < 1.29 is 19.1 Å². The Hall–Kier alpha value is -2.31. The molecule has 2 amide bonds. The molecule has 1 saturated heterocycles. The Bertz CT molecular complexity index is 806. The molecule has 0 aliphatic carbocycles. The van der Waals surface area contributed by atoms with E-state index in [1.54, 1.807) is 48.5 Å². The monoisotopic (exact) mass is 375 g/mol. The third kappa shape index (κ3) is 4.21. The molecule has 7 heteroatoms. The molecule has 2 aromatic rings. The number of rotatable bonds is 6. The highest BCUT2D eigenvalue weighted by Gasteiger charge is 2.29. The fourth-order valence-corrected chi connectivity index (χ4v) is 3.29. The summed E-state index contributed by atoms with van der Waals surface area (Å²) in [5.74, 6) is 0.336. The van der Waals surface area contributed by atoms with E-state index in [9.17, 15) is 14.4 Å². The first-order chi connectivity index (χ1) is 12.0. The Morgan fingerprint density at radius 2 is 1.84 bits per heavy atom. The summed E-state index contributed by atoms with van der Waals surface area (Å²) in [4.78, 5) is 36.5. The Kier molecular flexibility index (Phi) is 5.40. The van der Waals surface area contributed by atoms with Gasteiger partial charge in [-0.05, 0) is 29.8 Å². The van der Waals surface area contributed by atoms with Gasteiger partial charge in [-0.15, -0.1) is 0 Å². The van der Waals surface area contributed by atoms with E-state index in [1.807, 2.05) is 0 Å². The number of thioether (sulfide) groups is 1. The molecule has 0 unspecified atom stereocenters. The van der Waals surface area contributed by atoms with Crippen LogP contribution in [0.15, 0.2) is 48.5 Å². The number of carbonyl (C=O) groups excluding carboxylic acids is 3. The molecule has 0 spiro atoms. The van der Waals surface area contributed by atoms with E-state index in [-0.39, 0.29) is 35.8 Å². The average molecular weight is 376 g/mol. The molecule has 0 aromatic heterocycles. The predicted molar refractivity (Wildman–Crippen MR) is 96.1 cm³/mol. The van der Waals surface area contributed by atoms with Gasteiger partial charge in [0.15, 0.2) is 6.61 Å². The van der Waals surface area contributed by atoms with Crippen LogP contribution < -0.4 is 4.74 Å². The van der Waals surface area contributed by atoms with Gasteiger partial charge in [0.2, 0.25) is 11.7 Å². The summed E-state index contributed by atoms with van der Waals surface area (Å²) in [6, 6.07) is 13.7. The normalized spacial score (nSPS) is 14.0. The van der Waals surface area contributed by atoms with Crippen LogP contribution in [0.25, 0.3) is 0 Å². The second-order valence-corrected chi connectivity index (χ2v) is 6.70. The highest BCUT2D eigenvalue weighted by Crippen LogP contribution is 2.22. The number of amides is 2. The number of Topliss-reactive ketones (excluding diaryl/α,β-unsaturated/α-hetero) is 1. The Labute approximate surface area is 153 Å². The lowest BCUT2D eigenvalue weighted by atomic mass is 10.1. The summed E-state index contributed by atoms with van der Waals surface area (Å²) in [6.45, 7) is 0.117. The lowest BCUT2D eigenvalue weighted by Gasteiger charge is -2.13. The number of ketones is 1. The Balaban J connectivity index is 1.58. The molecule has 0 N–H and O–H groups in total. The zero-order chi connectivity index (χ0) is 17.8. The Morgan fingerprint density at radius 3 is 2.48 bits per heavy atom. The fraction of sp³-hybridized carbons (Fsp3) is 0.167. The van der Waals surface area contributed by atoms with Crippen molar-refractivity contribution in [3.8, 4) is 5.75 Å². The first kappa shape index (κ1) is 17.5. The summed E-state index contributed by atoms with van der Waals surface area (Å²) in [5.41, 5.74) is 1.23. The largest absolute Gasteiger partial charge is 0.485 e. The van der Waals surface area contributed by atoms with Crippen LogP contribution in [0, 0.1) is 0 Å². The van der Waals surface area contributed by atoms with E-state index < -0.39 is 0 Å². The fourth-order valence-electron chi connectivity index (χ4n) is 2.32. The smallest absolute Gasteiger partial charge is 0.289 e. The number of halogens is 1. The molecule has 2 aromatic carbocycles. The van der Waals surface area contributed by atoms with Gasteiger partial charge in [0.25, 0.3) is 5.24 Å². The second kappa shape index (κ2) is 7.72. The first-order valence-corrected chi connectivity index (χ1v) is 8.87. The molecule has 3 rings (SSSR count). The summed E-state index contributed by atoms with van der Waals surface area (Å²) >= 11 is 7.00. The van der Waals surface area contributed by atoms with Crippen molar-refractivity contribution in [1.29, 1.82) is 0 Å². The molecular formula is C18H14ClNO4S. The molecule has 1 fully saturated rings. The summed E-state index contributed by atoms with van der Waals surface area (Å²) in [6.07, 6.45) is 0. The predicted octanol–water partition coefficient (Wildman–Crippen LogP) is 3.80. The van der Waals surface area contributed by atoms with Gasteiger partial charge in [0.1, 0.15) is 5.75 Å². The lowest BCUT2D eigenvalue weighted by Crippen LogP contribution is -2.27. The number of benzene rings is 2. The van der Waals surface area contributed by atoms with Crippen molar-refractivity contribution in [2.75, 3.05) is 12.4 Å². The number of hydrogen-bond donors (Lipinski definition) is 0. The maximum absolute atomic E-state index is 12.1. The number of hydrogen-bond acceptors (Lipinski definition) is 5. The van der Waals surface area contributed by atoms with Crippen LogP contribution >= 0.6 is 23.4 Å². The van der Waals surface area contributed by atoms with Crippen LogP contribution in [0.1, 0.15) is 15.9 Å². The molecule has 0 bridgehead atoms. The van der Waals surface area contributed by atoms with Crippen molar-refractivity contribution in [3.05, 3.63) is 64.7 Å². The van der Waals surface area contributed by atoms with E-state index in [0.717, 1.165) is 17.3 Å². The number of imide groups is 1. The van der Waals surface area contributed by atoms with E-state index in [4.69, 9.17) is 16.3 Å². The van der Waals surface area contributed by atoms with Crippen LogP contribution in [0.2, 0.25) is 5.02 Å². The van der Waals surface area contributed by atoms with Gasteiger partial charge in [-0.2, -0.15) is 0 Å². The molecular weight excluding hydrogens is 362 g/mol. The number of ether oxygens (including phenoxy) is 1. The van der Waals surface area contributed by atoms with Gasteiger partial charge in [0.05, 0.1) is 17.3 Å². The van der Waals surface area contributed by atoms with Crippen LogP contribution in [-0.4, -0.2) is 34.2 Å². The SMILES string of the molecule is O=C(COc1ccc(CN2C(=O)CSC2=O)cc1)c1ccccc1Cl. The summed E-state index contributed by atoms with van der Waals surface area (Å²) in [5, 5.41) is 0.167. The summed E-state index contributed by atoms with van der Waals surface area (Å²) < 4.78 is 5.48. The van der Waals surface area contributed by atoms with Gasteiger partial charge in [-0.1, -0.05) is 47.6 Å². The molecule has 0 saturated carbocycles. The van der Waals surface area contributed by atoms with Crippen LogP contribution in [0.4, 0.5) is 4.79 Å². The van der Waals surface area contributed by atoms with Gasteiger partial charge in [-0.3, -0.25) is 19.3 Å². The third-order valence-electron chi connectivity index (χ3n) is 3.65. The summed E-state index contributed by atoms with van der Waals surface area (Å²) in [7, 11) is 0. The zero-order valence-corrected chi connectivity index (χ0v) is 14.7. The van der Waals surface area contributed by atoms with E-state index in [2.05, 4.69) is 0 Å². The van der Waals surface area contributed by atoms with Crippen LogP contribution in [-0.2, 0) is 11.3 Å². The van der Waals surface area contributed by atoms with E-state index in [1.165, 1.54) is 4.90 Å². The quantitative estimate of drug-likeness (QED) is 0.718. The Morgan fingerprint density at radius 1 is 1.12 bits per heavy atom. The maximum atomic E-state index is 12.1. The van der Waals surface area contributed by atoms with Gasteiger partial charge in [0, 0.05) is 5.56 Å². The number of carbonyl (C=O) groups is 3. The average Bonchev–Trinajstić information content (AvgIpc) is 2.93. The van der Waals surface area contributed by atoms with E-state index >= 15 is 0 Å². The van der Waals surface area contributed by atoms with Crippen LogP contribution in [0.5, 0.6) is 5.75 Å².